The summed E-state index contributed by atoms with van der Waals surface area (Å²) in [5.41, 5.74) is 1.87. The van der Waals surface area contributed by atoms with Crippen molar-refractivity contribution in [1.82, 2.24) is 9.80 Å². The molecular weight excluding hydrogens is 461 g/mol. The number of anilines is 1. The summed E-state index contributed by atoms with van der Waals surface area (Å²) >= 11 is 0. The zero-order valence-corrected chi connectivity index (χ0v) is 21.5. The predicted octanol–water partition coefficient (Wildman–Crippen LogP) is 4.18. The molecule has 8 heteroatoms. The third kappa shape index (κ3) is 6.42. The molecule has 1 heterocycles. The fourth-order valence-corrected chi connectivity index (χ4v) is 4.61. The highest BCUT2D eigenvalue weighted by Crippen LogP contribution is 2.31. The van der Waals surface area contributed by atoms with Gasteiger partial charge in [-0.25, -0.2) is 4.39 Å². The first-order valence-corrected chi connectivity index (χ1v) is 12.6. The van der Waals surface area contributed by atoms with Crippen LogP contribution in [0.15, 0.2) is 42.5 Å². The number of fused-ring (bicyclic) bond motifs is 1. The Labute approximate surface area is 212 Å². The lowest BCUT2D eigenvalue weighted by atomic mass is 10.0. The van der Waals surface area contributed by atoms with E-state index in [4.69, 9.17) is 9.47 Å². The zero-order chi connectivity index (χ0) is 25.8. The van der Waals surface area contributed by atoms with Gasteiger partial charge in [-0.2, -0.15) is 0 Å². The van der Waals surface area contributed by atoms with Crippen molar-refractivity contribution < 1.29 is 23.5 Å². The number of hydrogen-bond donors (Lipinski definition) is 1. The average Bonchev–Trinajstić information content (AvgIpc) is 3.70. The molecule has 1 fully saturated rings. The molecule has 1 saturated carbocycles. The molecule has 7 nitrogen and oxygen atoms in total. The van der Waals surface area contributed by atoms with E-state index in [1.807, 2.05) is 6.07 Å². The minimum absolute atomic E-state index is 0.0115. The number of ether oxygens (including phenoxy) is 2. The van der Waals surface area contributed by atoms with Crippen LogP contribution < -0.4 is 10.1 Å². The molecule has 0 radical (unpaired) electrons. The van der Waals surface area contributed by atoms with E-state index in [1.165, 1.54) is 6.07 Å². The number of amides is 2. The minimum atomic E-state index is -0.257. The number of benzene rings is 2. The van der Waals surface area contributed by atoms with Crippen molar-refractivity contribution >= 4 is 17.5 Å². The van der Waals surface area contributed by atoms with Gasteiger partial charge >= 0.3 is 0 Å². The van der Waals surface area contributed by atoms with E-state index in [2.05, 4.69) is 24.1 Å². The summed E-state index contributed by atoms with van der Waals surface area (Å²) in [6.07, 6.45) is 1.62. The van der Waals surface area contributed by atoms with E-state index in [0.29, 0.717) is 43.2 Å². The summed E-state index contributed by atoms with van der Waals surface area (Å²) in [4.78, 5) is 29.6. The second-order valence-corrected chi connectivity index (χ2v) is 10.1. The van der Waals surface area contributed by atoms with Gasteiger partial charge in [0.15, 0.2) is 0 Å². The summed E-state index contributed by atoms with van der Waals surface area (Å²) in [5, 5.41) is 2.92. The molecular formula is C28H36FN3O4. The summed E-state index contributed by atoms with van der Waals surface area (Å²) in [5.74, 6) is 0.175. The normalized spacial score (nSPS) is 23.8. The van der Waals surface area contributed by atoms with Gasteiger partial charge in [0.05, 0.1) is 11.7 Å². The van der Waals surface area contributed by atoms with Gasteiger partial charge in [0.2, 0.25) is 5.91 Å². The van der Waals surface area contributed by atoms with Gasteiger partial charge in [-0.05, 0) is 61.6 Å². The fourth-order valence-electron chi connectivity index (χ4n) is 4.61. The van der Waals surface area contributed by atoms with Gasteiger partial charge in [0.1, 0.15) is 18.2 Å². The standard InChI is InChI=1S/C28H36FN3O4/c1-18-14-32(15-20-6-5-7-22(29)12-20)19(2)17-36-25-11-10-23(30-27(33)21-8-9-21)13-24(25)28(34)31(3)16-26(18)35-4/h5-7,10-13,18-19,21,26H,8-9,14-17H2,1-4H3,(H,30,33)/t18-,19-,26+/m1/s1. The minimum Gasteiger partial charge on any atom is -0.491 e. The van der Waals surface area contributed by atoms with Crippen LogP contribution in [0.4, 0.5) is 10.1 Å². The first-order valence-electron chi connectivity index (χ1n) is 12.6. The van der Waals surface area contributed by atoms with Crippen molar-refractivity contribution in [3.8, 4) is 5.75 Å². The van der Waals surface area contributed by atoms with Crippen molar-refractivity contribution in [2.24, 2.45) is 11.8 Å². The van der Waals surface area contributed by atoms with Crippen LogP contribution in [-0.4, -0.2) is 67.6 Å². The molecule has 2 aromatic carbocycles. The summed E-state index contributed by atoms with van der Waals surface area (Å²) in [7, 11) is 3.41. The Morgan fingerprint density at radius 2 is 1.94 bits per heavy atom. The highest BCUT2D eigenvalue weighted by atomic mass is 19.1. The average molecular weight is 498 g/mol. The van der Waals surface area contributed by atoms with E-state index >= 15 is 0 Å². The van der Waals surface area contributed by atoms with Gasteiger partial charge in [0, 0.05) is 51.4 Å². The van der Waals surface area contributed by atoms with Crippen LogP contribution in [0.2, 0.25) is 0 Å². The third-order valence-electron chi connectivity index (χ3n) is 7.06. The van der Waals surface area contributed by atoms with Crippen LogP contribution in [-0.2, 0) is 16.1 Å². The highest BCUT2D eigenvalue weighted by Gasteiger charge is 2.31. The molecule has 0 bridgehead atoms. The second-order valence-electron chi connectivity index (χ2n) is 10.1. The highest BCUT2D eigenvalue weighted by molar-refractivity contribution is 6.00. The molecule has 0 aromatic heterocycles. The number of nitrogens with one attached hydrogen (secondary N) is 1. The number of carbonyl (C=O) groups excluding carboxylic acids is 2. The van der Waals surface area contributed by atoms with Crippen molar-refractivity contribution in [2.45, 2.75) is 45.4 Å². The molecule has 0 unspecified atom stereocenters. The summed E-state index contributed by atoms with van der Waals surface area (Å²) < 4.78 is 25.8. The van der Waals surface area contributed by atoms with Crippen LogP contribution in [0.25, 0.3) is 0 Å². The first-order chi connectivity index (χ1) is 17.2. The molecule has 2 aromatic rings. The van der Waals surface area contributed by atoms with Crippen molar-refractivity contribution in [3.05, 3.63) is 59.4 Å². The fraction of sp³-hybridized carbons (Fsp3) is 0.500. The molecule has 3 atom stereocenters. The number of carbonyl (C=O) groups is 2. The van der Waals surface area contributed by atoms with E-state index in [0.717, 1.165) is 18.4 Å². The molecule has 2 amide bonds. The quantitative estimate of drug-likeness (QED) is 0.671. The maximum absolute atomic E-state index is 13.9. The first kappa shape index (κ1) is 26.1. The topological polar surface area (TPSA) is 71.1 Å². The number of nitrogens with zero attached hydrogens (tertiary/aromatic N) is 2. The predicted molar refractivity (Wildman–Crippen MR) is 136 cm³/mol. The van der Waals surface area contributed by atoms with E-state index in [1.54, 1.807) is 49.4 Å². The van der Waals surface area contributed by atoms with Crippen LogP contribution in [0.3, 0.4) is 0 Å². The molecule has 2 aliphatic rings. The van der Waals surface area contributed by atoms with E-state index in [9.17, 15) is 14.0 Å². The number of methoxy groups -OCH3 is 1. The Balaban J connectivity index is 1.62. The van der Waals surface area contributed by atoms with Gasteiger partial charge < -0.3 is 19.7 Å². The molecule has 4 rings (SSSR count). The zero-order valence-electron chi connectivity index (χ0n) is 21.5. The Morgan fingerprint density at radius 1 is 1.17 bits per heavy atom. The number of halogens is 1. The molecule has 1 aliphatic carbocycles. The Bertz CT molecular complexity index is 1090. The van der Waals surface area contributed by atoms with Crippen molar-refractivity contribution in [3.63, 3.8) is 0 Å². The lowest BCUT2D eigenvalue weighted by molar-refractivity contribution is -0.117. The van der Waals surface area contributed by atoms with Gasteiger partial charge in [-0.1, -0.05) is 19.1 Å². The maximum Gasteiger partial charge on any atom is 0.257 e. The molecule has 194 valence electrons. The smallest absolute Gasteiger partial charge is 0.257 e. The maximum atomic E-state index is 13.9. The summed E-state index contributed by atoms with van der Waals surface area (Å²) in [6, 6.07) is 11.8. The number of likely N-dealkylation sites (N-methyl/N-ethyl adjacent to an activating group) is 1. The Hall–Kier alpha value is -2.97. The largest absolute Gasteiger partial charge is 0.491 e. The molecule has 1 aliphatic heterocycles. The van der Waals surface area contributed by atoms with Crippen molar-refractivity contribution in [1.29, 1.82) is 0 Å². The van der Waals surface area contributed by atoms with E-state index in [-0.39, 0.29) is 41.6 Å². The third-order valence-corrected chi connectivity index (χ3v) is 7.06. The molecule has 1 N–H and O–H groups in total. The Morgan fingerprint density at radius 3 is 2.64 bits per heavy atom. The lowest BCUT2D eigenvalue weighted by Gasteiger charge is -2.36. The monoisotopic (exact) mass is 497 g/mol. The lowest BCUT2D eigenvalue weighted by Crippen LogP contribution is -2.46. The SMILES string of the molecule is CO[C@H]1CN(C)C(=O)c2cc(NC(=O)C3CC3)ccc2OC[C@@H](C)N(Cc2cccc(F)c2)C[C@H]1C. The van der Waals surface area contributed by atoms with Crippen LogP contribution >= 0.6 is 0 Å². The molecule has 0 saturated heterocycles. The second kappa shape index (κ2) is 11.4. The van der Waals surface area contributed by atoms with Crippen molar-refractivity contribution in [2.75, 3.05) is 39.2 Å². The molecule has 36 heavy (non-hydrogen) atoms. The Kier molecular flexibility index (Phi) is 8.26. The molecule has 0 spiro atoms. The van der Waals surface area contributed by atoms with Gasteiger partial charge in [-0.15, -0.1) is 0 Å². The van der Waals surface area contributed by atoms with Crippen LogP contribution in [0, 0.1) is 17.7 Å². The van der Waals surface area contributed by atoms with E-state index < -0.39 is 0 Å². The van der Waals surface area contributed by atoms with Gasteiger partial charge in [-0.3, -0.25) is 14.5 Å². The van der Waals surface area contributed by atoms with Crippen LogP contribution in [0.1, 0.15) is 42.6 Å². The van der Waals surface area contributed by atoms with Crippen LogP contribution in [0.5, 0.6) is 5.75 Å². The van der Waals surface area contributed by atoms with Gasteiger partial charge in [0.25, 0.3) is 5.91 Å². The number of hydrogen-bond acceptors (Lipinski definition) is 5. The summed E-state index contributed by atoms with van der Waals surface area (Å²) in [6.45, 7) is 6.17. The number of rotatable bonds is 5.